The highest BCUT2D eigenvalue weighted by molar-refractivity contribution is 7.91. The van der Waals surface area contributed by atoms with Crippen molar-refractivity contribution in [1.82, 2.24) is 5.32 Å². The molecule has 0 saturated heterocycles. The normalized spacial score (nSPS) is 14.4. The van der Waals surface area contributed by atoms with Crippen LogP contribution in [0, 0.1) is 19.3 Å². The van der Waals surface area contributed by atoms with E-state index >= 15 is 0 Å². The molecule has 1 atom stereocenters. The Morgan fingerprint density at radius 1 is 1.21 bits per heavy atom. The van der Waals surface area contributed by atoms with Crippen LogP contribution in [0.5, 0.6) is 0 Å². The van der Waals surface area contributed by atoms with Crippen LogP contribution in [0.2, 0.25) is 0 Å². The van der Waals surface area contributed by atoms with Gasteiger partial charge < -0.3 is 5.32 Å². The van der Waals surface area contributed by atoms with Gasteiger partial charge in [0.2, 0.25) is 0 Å². The van der Waals surface area contributed by atoms with E-state index < -0.39 is 9.84 Å². The molecular weight excluding hydrogens is 258 g/mol. The fourth-order valence-electron chi connectivity index (χ4n) is 2.22. The molecule has 0 saturated carbocycles. The lowest BCUT2D eigenvalue weighted by Gasteiger charge is -2.30. The number of rotatable bonds is 4. The van der Waals surface area contributed by atoms with Crippen molar-refractivity contribution in [2.75, 3.05) is 12.8 Å². The third-order valence-corrected chi connectivity index (χ3v) is 5.35. The average molecular weight is 283 g/mol. The first-order valence-corrected chi connectivity index (χ1v) is 8.20. The first-order valence-electron chi connectivity index (χ1n) is 6.55. The predicted octanol–water partition coefficient (Wildman–Crippen LogP) is 2.71. The van der Waals surface area contributed by atoms with Crippen molar-refractivity contribution in [3.63, 3.8) is 0 Å². The molecule has 4 heteroatoms. The van der Waals surface area contributed by atoms with E-state index in [0.29, 0.717) is 4.90 Å². The lowest BCUT2D eigenvalue weighted by atomic mass is 9.88. The second-order valence-corrected chi connectivity index (χ2v) is 8.26. The molecule has 0 aliphatic heterocycles. The molecule has 1 aromatic carbocycles. The summed E-state index contributed by atoms with van der Waals surface area (Å²) in [4.78, 5) is 0.447. The maximum absolute atomic E-state index is 12.5. The largest absolute Gasteiger partial charge is 0.315 e. The van der Waals surface area contributed by atoms with E-state index in [2.05, 4.69) is 5.32 Å². The van der Waals surface area contributed by atoms with Gasteiger partial charge in [0.05, 0.1) is 10.6 Å². The number of sulfone groups is 1. The third-order valence-electron chi connectivity index (χ3n) is 3.45. The second-order valence-electron chi connectivity index (χ2n) is 6.26. The van der Waals surface area contributed by atoms with Crippen molar-refractivity contribution < 1.29 is 8.42 Å². The Kier molecular flexibility index (Phi) is 4.80. The molecule has 0 heterocycles. The fourth-order valence-corrected chi connectivity index (χ4v) is 4.33. The number of hydrogen-bond donors (Lipinski definition) is 1. The van der Waals surface area contributed by atoms with Crippen LogP contribution in [0.25, 0.3) is 0 Å². The van der Waals surface area contributed by atoms with Crippen LogP contribution in [-0.4, -0.2) is 27.3 Å². The molecule has 108 valence electrons. The SMILES string of the molecule is CNC(CS(=O)(=O)c1ccc(C)cc1C)C(C)(C)C. The zero-order valence-corrected chi connectivity index (χ0v) is 13.6. The van der Waals surface area contributed by atoms with E-state index in [0.717, 1.165) is 11.1 Å². The summed E-state index contributed by atoms with van der Waals surface area (Å²) in [5.41, 5.74) is 1.81. The van der Waals surface area contributed by atoms with Crippen molar-refractivity contribution in [2.24, 2.45) is 5.41 Å². The monoisotopic (exact) mass is 283 g/mol. The topological polar surface area (TPSA) is 46.2 Å². The molecule has 3 nitrogen and oxygen atoms in total. The highest BCUT2D eigenvalue weighted by Gasteiger charge is 2.29. The minimum Gasteiger partial charge on any atom is -0.315 e. The second kappa shape index (κ2) is 5.63. The van der Waals surface area contributed by atoms with Crippen LogP contribution in [0.3, 0.4) is 0 Å². The summed E-state index contributed by atoms with van der Waals surface area (Å²) in [7, 11) is -1.45. The number of aryl methyl sites for hydroxylation is 2. The van der Waals surface area contributed by atoms with Gasteiger partial charge in [-0.3, -0.25) is 0 Å². The van der Waals surface area contributed by atoms with Gasteiger partial charge in [0.25, 0.3) is 0 Å². The van der Waals surface area contributed by atoms with Crippen molar-refractivity contribution >= 4 is 9.84 Å². The van der Waals surface area contributed by atoms with Gasteiger partial charge in [-0.1, -0.05) is 38.5 Å². The molecule has 0 fully saturated rings. The quantitative estimate of drug-likeness (QED) is 0.924. The number of hydrogen-bond acceptors (Lipinski definition) is 3. The Bertz CT molecular complexity index is 542. The van der Waals surface area contributed by atoms with E-state index in [4.69, 9.17) is 0 Å². The van der Waals surface area contributed by atoms with E-state index in [1.165, 1.54) is 0 Å². The van der Waals surface area contributed by atoms with Crippen LogP contribution in [0.1, 0.15) is 31.9 Å². The number of benzene rings is 1. The molecule has 1 rings (SSSR count). The summed E-state index contributed by atoms with van der Waals surface area (Å²) in [5, 5.41) is 3.12. The van der Waals surface area contributed by atoms with Crippen molar-refractivity contribution in [2.45, 2.75) is 45.6 Å². The number of nitrogens with one attached hydrogen (secondary N) is 1. The minimum absolute atomic E-state index is 0.0711. The Morgan fingerprint density at radius 2 is 1.79 bits per heavy atom. The van der Waals surface area contributed by atoms with Gasteiger partial charge in [0, 0.05) is 6.04 Å². The third kappa shape index (κ3) is 4.05. The standard InChI is InChI=1S/C15H25NO2S/c1-11-7-8-13(12(2)9-11)19(17,18)10-14(16-6)15(3,4)5/h7-9,14,16H,10H2,1-6H3. The van der Waals surface area contributed by atoms with Gasteiger partial charge in [0.15, 0.2) is 9.84 Å². The van der Waals surface area contributed by atoms with Crippen molar-refractivity contribution in [3.05, 3.63) is 29.3 Å². The molecule has 0 aliphatic rings. The molecule has 0 aliphatic carbocycles. The fraction of sp³-hybridized carbons (Fsp3) is 0.600. The molecular formula is C15H25NO2S. The molecule has 1 aromatic rings. The van der Waals surface area contributed by atoms with E-state index in [1.54, 1.807) is 6.07 Å². The highest BCUT2D eigenvalue weighted by Crippen LogP contribution is 2.24. The van der Waals surface area contributed by atoms with Crippen LogP contribution in [-0.2, 0) is 9.84 Å². The summed E-state index contributed by atoms with van der Waals surface area (Å²) in [6.45, 7) is 9.96. The maximum atomic E-state index is 12.5. The zero-order chi connectivity index (χ0) is 14.8. The van der Waals surface area contributed by atoms with Gasteiger partial charge in [-0.15, -0.1) is 0 Å². The lowest BCUT2D eigenvalue weighted by molar-refractivity contribution is 0.302. The lowest BCUT2D eigenvalue weighted by Crippen LogP contribution is -2.43. The molecule has 1 N–H and O–H groups in total. The Hall–Kier alpha value is -0.870. The molecule has 19 heavy (non-hydrogen) atoms. The molecule has 0 radical (unpaired) electrons. The van der Waals surface area contributed by atoms with Crippen molar-refractivity contribution in [1.29, 1.82) is 0 Å². The molecule has 0 amide bonds. The summed E-state index contributed by atoms with van der Waals surface area (Å²) in [6, 6.07) is 5.41. The first kappa shape index (κ1) is 16.2. The van der Waals surface area contributed by atoms with E-state index in [9.17, 15) is 8.42 Å². The molecule has 0 bridgehead atoms. The zero-order valence-electron chi connectivity index (χ0n) is 12.7. The molecule has 0 spiro atoms. The average Bonchev–Trinajstić information content (AvgIpc) is 2.23. The minimum atomic E-state index is -3.26. The van der Waals surface area contributed by atoms with Crippen LogP contribution >= 0.6 is 0 Å². The van der Waals surface area contributed by atoms with Crippen LogP contribution in [0.4, 0.5) is 0 Å². The van der Waals surface area contributed by atoms with Gasteiger partial charge in [-0.25, -0.2) is 8.42 Å². The van der Waals surface area contributed by atoms with Crippen LogP contribution in [0.15, 0.2) is 23.1 Å². The Balaban J connectivity index is 3.11. The van der Waals surface area contributed by atoms with E-state index in [-0.39, 0.29) is 17.2 Å². The molecule has 1 unspecified atom stereocenters. The summed E-state index contributed by atoms with van der Waals surface area (Å²) in [5.74, 6) is 0.122. The first-order chi connectivity index (χ1) is 8.58. The highest BCUT2D eigenvalue weighted by atomic mass is 32.2. The van der Waals surface area contributed by atoms with Crippen molar-refractivity contribution in [3.8, 4) is 0 Å². The van der Waals surface area contributed by atoms with Gasteiger partial charge in [-0.05, 0) is 37.9 Å². The van der Waals surface area contributed by atoms with Crippen LogP contribution < -0.4 is 5.32 Å². The smallest absolute Gasteiger partial charge is 0.180 e. The van der Waals surface area contributed by atoms with Gasteiger partial charge in [0.1, 0.15) is 0 Å². The maximum Gasteiger partial charge on any atom is 0.180 e. The Labute approximate surface area is 117 Å². The summed E-state index contributed by atoms with van der Waals surface area (Å²) < 4.78 is 25.1. The summed E-state index contributed by atoms with van der Waals surface area (Å²) in [6.07, 6.45) is 0. The molecule has 0 aromatic heterocycles. The Morgan fingerprint density at radius 3 is 2.21 bits per heavy atom. The van der Waals surface area contributed by atoms with E-state index in [1.807, 2.05) is 53.8 Å². The summed E-state index contributed by atoms with van der Waals surface area (Å²) >= 11 is 0. The predicted molar refractivity (Wildman–Crippen MR) is 80.3 cm³/mol. The van der Waals surface area contributed by atoms with Gasteiger partial charge >= 0.3 is 0 Å². The van der Waals surface area contributed by atoms with Gasteiger partial charge in [-0.2, -0.15) is 0 Å².